The minimum absolute atomic E-state index is 0.0386. The zero-order valence-electron chi connectivity index (χ0n) is 16.6. The maximum atomic E-state index is 14.1. The molecular weight excluding hydrogens is 501 g/mol. The summed E-state index contributed by atoms with van der Waals surface area (Å²) in [5, 5.41) is 12.7. The molecule has 1 unspecified atom stereocenters. The average molecular weight is 515 g/mol. The van der Waals surface area contributed by atoms with Gasteiger partial charge < -0.3 is 14.8 Å². The molecule has 0 aromatic heterocycles. The van der Waals surface area contributed by atoms with Crippen molar-refractivity contribution in [1.82, 2.24) is 0 Å². The Kier molecular flexibility index (Phi) is 6.51. The molecule has 178 valence electrons. The molecule has 0 aliphatic carbocycles. The number of hydrogen-bond acceptors (Lipinski definition) is 4. The van der Waals surface area contributed by atoms with Gasteiger partial charge in [0, 0.05) is 34.6 Å². The van der Waals surface area contributed by atoms with Crippen molar-refractivity contribution in [3.8, 4) is 0 Å². The smallest absolute Gasteiger partial charge is 0.435 e. The Labute approximate surface area is 193 Å². The van der Waals surface area contributed by atoms with Crippen LogP contribution in [0.5, 0.6) is 0 Å². The summed E-state index contributed by atoms with van der Waals surface area (Å²) in [7, 11) is 1.01. The highest BCUT2D eigenvalue weighted by atomic mass is 35.5. The second-order valence-corrected chi connectivity index (χ2v) is 8.17. The molecule has 0 fully saturated rings. The van der Waals surface area contributed by atoms with Crippen molar-refractivity contribution < 1.29 is 41.1 Å². The summed E-state index contributed by atoms with van der Waals surface area (Å²) in [6, 6.07) is 6.45. The molecule has 1 heterocycles. The first kappa shape index (κ1) is 25.0. The second kappa shape index (κ2) is 8.60. The predicted molar refractivity (Wildman–Crippen MR) is 109 cm³/mol. The molecule has 13 heteroatoms. The molecule has 1 aliphatic rings. The number of anilines is 1. The van der Waals surface area contributed by atoms with E-state index in [1.165, 1.54) is 6.07 Å². The van der Waals surface area contributed by atoms with Gasteiger partial charge in [-0.1, -0.05) is 34.4 Å². The molecule has 0 radical (unpaired) electrons. The number of benzene rings is 2. The van der Waals surface area contributed by atoms with Gasteiger partial charge in [-0.15, -0.1) is 0 Å². The largest absolute Gasteiger partial charge is 0.478 e. The van der Waals surface area contributed by atoms with Crippen LogP contribution < -0.4 is 4.90 Å². The molecule has 0 saturated heterocycles. The van der Waals surface area contributed by atoms with E-state index >= 15 is 0 Å². The van der Waals surface area contributed by atoms with Gasteiger partial charge in [0.1, 0.15) is 6.54 Å². The molecule has 0 saturated carbocycles. The van der Waals surface area contributed by atoms with Crippen molar-refractivity contribution in [2.75, 3.05) is 18.5 Å². The molecule has 33 heavy (non-hydrogen) atoms. The van der Waals surface area contributed by atoms with E-state index in [-0.39, 0.29) is 27.0 Å². The van der Waals surface area contributed by atoms with Crippen LogP contribution in [-0.4, -0.2) is 42.7 Å². The quantitative estimate of drug-likeness (QED) is 0.477. The fourth-order valence-corrected chi connectivity index (χ4v) is 3.93. The lowest BCUT2D eigenvalue weighted by Gasteiger charge is -2.29. The molecule has 0 spiro atoms. The third-order valence-electron chi connectivity index (χ3n) is 4.90. The van der Waals surface area contributed by atoms with Crippen molar-refractivity contribution in [3.63, 3.8) is 0 Å². The van der Waals surface area contributed by atoms with Gasteiger partial charge in [0.05, 0.1) is 17.0 Å². The minimum Gasteiger partial charge on any atom is -0.478 e. The molecule has 2 aromatic carbocycles. The summed E-state index contributed by atoms with van der Waals surface area (Å²) < 4.78 is 80.9. The van der Waals surface area contributed by atoms with Gasteiger partial charge in [-0.25, -0.2) is 4.79 Å². The van der Waals surface area contributed by atoms with Crippen LogP contribution in [0.3, 0.4) is 0 Å². The zero-order valence-corrected chi connectivity index (χ0v) is 18.1. The van der Waals surface area contributed by atoms with Crippen LogP contribution in [0.25, 0.3) is 0 Å². The number of alkyl halides is 6. The summed E-state index contributed by atoms with van der Waals surface area (Å²) in [5.41, 5.74) is -4.46. The van der Waals surface area contributed by atoms with Gasteiger partial charge in [-0.2, -0.15) is 26.3 Å². The molecular formula is C20H14Cl2F6N2O3. The van der Waals surface area contributed by atoms with E-state index < -0.39 is 48.0 Å². The molecule has 2 aromatic rings. The maximum absolute atomic E-state index is 14.1. The second-order valence-electron chi connectivity index (χ2n) is 7.30. The standard InChI is InChI=1S/C20H14Cl2F6N2O3/c1-30(9-19(23,24)25)16-4-10(2-3-14(16)17(31)32)15-8-18(33-29-15,20(26,27)28)11-5-12(21)7-13(22)6-11/h2-7H,8-9H2,1H3,(H,31,32). The van der Waals surface area contributed by atoms with Crippen LogP contribution in [0.15, 0.2) is 41.6 Å². The van der Waals surface area contributed by atoms with Crippen molar-refractivity contribution in [2.24, 2.45) is 5.16 Å². The molecule has 0 amide bonds. The van der Waals surface area contributed by atoms with E-state index in [0.29, 0.717) is 4.90 Å². The van der Waals surface area contributed by atoms with Gasteiger partial charge in [0.25, 0.3) is 5.60 Å². The number of rotatable bonds is 5. The van der Waals surface area contributed by atoms with E-state index in [0.717, 1.165) is 37.4 Å². The number of carboxylic acids is 1. The first-order valence-electron chi connectivity index (χ1n) is 9.07. The fraction of sp³-hybridized carbons (Fsp3) is 0.300. The lowest BCUT2D eigenvalue weighted by Crippen LogP contribution is -2.42. The van der Waals surface area contributed by atoms with E-state index in [9.17, 15) is 36.2 Å². The molecule has 0 bridgehead atoms. The normalized spacial score (nSPS) is 18.6. The Hall–Kier alpha value is -2.66. The number of nitrogens with zero attached hydrogens (tertiary/aromatic N) is 2. The summed E-state index contributed by atoms with van der Waals surface area (Å²) in [6.45, 7) is -1.48. The number of hydrogen-bond donors (Lipinski definition) is 1. The lowest BCUT2D eigenvalue weighted by molar-refractivity contribution is -0.275. The molecule has 1 atom stereocenters. The Balaban J connectivity index is 2.04. The molecule has 3 rings (SSSR count). The molecule has 1 aliphatic heterocycles. The summed E-state index contributed by atoms with van der Waals surface area (Å²) in [4.78, 5) is 17.0. The van der Waals surface area contributed by atoms with Gasteiger partial charge >= 0.3 is 18.3 Å². The molecule has 5 nitrogen and oxygen atoms in total. The topological polar surface area (TPSA) is 62.1 Å². The number of oxime groups is 1. The van der Waals surface area contributed by atoms with Crippen LogP contribution >= 0.6 is 23.2 Å². The first-order chi connectivity index (χ1) is 15.1. The number of halogens is 8. The summed E-state index contributed by atoms with van der Waals surface area (Å²) in [6.07, 6.45) is -10.5. The monoisotopic (exact) mass is 514 g/mol. The number of carboxylic acid groups (broad SMARTS) is 1. The molecule has 1 N–H and O–H groups in total. The van der Waals surface area contributed by atoms with Crippen molar-refractivity contribution >= 4 is 40.6 Å². The lowest BCUT2D eigenvalue weighted by atomic mass is 9.86. The predicted octanol–water partition coefficient (Wildman–Crippen LogP) is 6.27. The fourth-order valence-electron chi connectivity index (χ4n) is 3.41. The van der Waals surface area contributed by atoms with E-state index in [4.69, 9.17) is 28.0 Å². The Morgan fingerprint density at radius 2 is 1.73 bits per heavy atom. The van der Waals surface area contributed by atoms with Crippen molar-refractivity contribution in [2.45, 2.75) is 24.4 Å². The highest BCUT2D eigenvalue weighted by molar-refractivity contribution is 6.34. The van der Waals surface area contributed by atoms with E-state index in [1.807, 2.05) is 0 Å². The Bertz CT molecular complexity index is 1100. The average Bonchev–Trinajstić information content (AvgIpc) is 3.12. The van der Waals surface area contributed by atoms with Gasteiger partial charge in [-0.05, 0) is 30.3 Å². The maximum Gasteiger partial charge on any atom is 0.435 e. The highest BCUT2D eigenvalue weighted by Gasteiger charge is 2.62. The Morgan fingerprint density at radius 3 is 2.24 bits per heavy atom. The van der Waals surface area contributed by atoms with Crippen LogP contribution in [0.2, 0.25) is 10.0 Å². The van der Waals surface area contributed by atoms with Crippen LogP contribution in [0.1, 0.15) is 27.9 Å². The van der Waals surface area contributed by atoms with Crippen LogP contribution in [0.4, 0.5) is 32.0 Å². The van der Waals surface area contributed by atoms with Gasteiger partial charge in [-0.3, -0.25) is 0 Å². The third-order valence-corrected chi connectivity index (χ3v) is 5.34. The zero-order chi connectivity index (χ0) is 24.8. The van der Waals surface area contributed by atoms with Crippen molar-refractivity contribution in [3.05, 3.63) is 63.1 Å². The van der Waals surface area contributed by atoms with Crippen LogP contribution in [-0.2, 0) is 10.4 Å². The Morgan fingerprint density at radius 1 is 1.12 bits per heavy atom. The van der Waals surface area contributed by atoms with Crippen LogP contribution in [0, 0.1) is 0 Å². The van der Waals surface area contributed by atoms with E-state index in [1.54, 1.807) is 0 Å². The summed E-state index contributed by atoms with van der Waals surface area (Å²) in [5.74, 6) is -1.51. The van der Waals surface area contributed by atoms with Gasteiger partial charge in [0.2, 0.25) is 0 Å². The minimum atomic E-state index is -4.97. The number of aromatic carboxylic acids is 1. The highest BCUT2D eigenvalue weighted by Crippen LogP contribution is 2.49. The summed E-state index contributed by atoms with van der Waals surface area (Å²) >= 11 is 11.7. The SMILES string of the molecule is CN(CC(F)(F)F)c1cc(C2=NOC(c3cc(Cl)cc(Cl)c3)(C(F)(F)F)C2)ccc1C(=O)O. The van der Waals surface area contributed by atoms with Crippen molar-refractivity contribution in [1.29, 1.82) is 0 Å². The first-order valence-corrected chi connectivity index (χ1v) is 9.82. The number of carbonyl (C=O) groups is 1. The van der Waals surface area contributed by atoms with E-state index in [2.05, 4.69) is 5.16 Å². The third kappa shape index (κ3) is 5.14. The van der Waals surface area contributed by atoms with Gasteiger partial charge in [0.15, 0.2) is 0 Å².